The van der Waals surface area contributed by atoms with Crippen LogP contribution >= 0.6 is 0 Å². The molecule has 0 aliphatic rings. The molecule has 28 heavy (non-hydrogen) atoms. The molecule has 0 aromatic rings. The van der Waals surface area contributed by atoms with E-state index in [-0.39, 0.29) is 5.96 Å². The van der Waals surface area contributed by atoms with Gasteiger partial charge in [-0.2, -0.15) is 0 Å². The van der Waals surface area contributed by atoms with Gasteiger partial charge in [-0.3, -0.25) is 10.2 Å². The minimum Gasteiger partial charge on any atom is -0.481 e. The molecule has 0 saturated heterocycles. The van der Waals surface area contributed by atoms with E-state index in [4.69, 9.17) is 25.5 Å². The van der Waals surface area contributed by atoms with Crippen LogP contribution in [0.25, 0.3) is 0 Å². The molecule has 0 atom stereocenters. The quantitative estimate of drug-likeness (QED) is 0.113. The van der Waals surface area contributed by atoms with Crippen LogP contribution in [0.5, 0.6) is 0 Å². The lowest BCUT2D eigenvalue weighted by molar-refractivity contribution is -0.137. The van der Waals surface area contributed by atoms with Crippen LogP contribution in [-0.2, 0) is 4.79 Å². The average molecular weight is 406 g/mol. The molecule has 0 aromatic carbocycles. The third-order valence-electron chi connectivity index (χ3n) is 3.99. The lowest BCUT2D eigenvalue weighted by Crippen LogP contribution is -2.20. The van der Waals surface area contributed by atoms with E-state index in [0.717, 1.165) is 12.8 Å². The molecule has 0 bridgehead atoms. The van der Waals surface area contributed by atoms with Gasteiger partial charge < -0.3 is 26.8 Å². The summed E-state index contributed by atoms with van der Waals surface area (Å²) in [5, 5.41) is 28.5. The van der Waals surface area contributed by atoms with Crippen molar-refractivity contribution < 1.29 is 24.9 Å². The van der Waals surface area contributed by atoms with Gasteiger partial charge in [-0.05, 0) is 6.42 Å². The lowest BCUT2D eigenvalue weighted by atomic mass is 10.0. The fourth-order valence-corrected chi connectivity index (χ4v) is 2.65. The summed E-state index contributed by atoms with van der Waals surface area (Å²) in [4.78, 5) is 18.9. The number of hydrogen-bond acceptors (Lipinski definition) is 3. The van der Waals surface area contributed by atoms with Crippen LogP contribution < -0.4 is 11.5 Å². The molecule has 0 fully saturated rings. The molecule has 0 radical (unpaired) electrons. The van der Waals surface area contributed by atoms with Crippen LogP contribution in [0.2, 0.25) is 0 Å². The van der Waals surface area contributed by atoms with Gasteiger partial charge in [0.25, 0.3) is 0 Å². The molecule has 0 rings (SSSR count). The van der Waals surface area contributed by atoms with Crippen LogP contribution in [0.4, 0.5) is 4.79 Å². The van der Waals surface area contributed by atoms with Crippen molar-refractivity contribution in [1.29, 1.82) is 5.41 Å². The summed E-state index contributed by atoms with van der Waals surface area (Å²) in [7, 11) is 0. The molecule has 0 aliphatic heterocycles. The van der Waals surface area contributed by atoms with Gasteiger partial charge >= 0.3 is 12.1 Å². The molecule has 8 heteroatoms. The highest BCUT2D eigenvalue weighted by Crippen LogP contribution is 2.13. The molecule has 0 unspecified atom stereocenters. The monoisotopic (exact) mass is 405 g/mol. The molecule has 0 amide bonds. The number of carboxylic acid groups (broad SMARTS) is 3. The first-order valence-corrected chi connectivity index (χ1v) is 10.5. The molecule has 8 N–H and O–H groups in total. The van der Waals surface area contributed by atoms with Crippen molar-refractivity contribution in [2.75, 3.05) is 0 Å². The minimum atomic E-state index is -1.83. The Kier molecular flexibility index (Phi) is 29.9. The lowest BCUT2D eigenvalue weighted by Gasteiger charge is -2.03. The van der Waals surface area contributed by atoms with Crippen LogP contribution in [0.15, 0.2) is 0 Å². The van der Waals surface area contributed by atoms with Crippen molar-refractivity contribution in [3.05, 3.63) is 0 Å². The maximum absolute atomic E-state index is 10.3. The highest BCUT2D eigenvalue weighted by Gasteiger charge is 1.97. The summed E-state index contributed by atoms with van der Waals surface area (Å²) in [6.45, 7) is 2.27. The van der Waals surface area contributed by atoms with E-state index < -0.39 is 12.1 Å². The number of guanidine groups is 1. The summed E-state index contributed by atoms with van der Waals surface area (Å²) < 4.78 is 0. The molecule has 0 heterocycles. The van der Waals surface area contributed by atoms with Gasteiger partial charge in [-0.15, -0.1) is 0 Å². The molecule has 0 aliphatic carbocycles. The molecule has 168 valence electrons. The van der Waals surface area contributed by atoms with E-state index in [1.165, 1.54) is 83.5 Å². The number of unbranched alkanes of at least 4 members (excludes halogenated alkanes) is 14. The molecular formula is C20H43N3O5. The number of carbonyl (C=O) groups is 2. The van der Waals surface area contributed by atoms with Crippen molar-refractivity contribution >= 4 is 18.1 Å². The van der Waals surface area contributed by atoms with Crippen molar-refractivity contribution in [2.24, 2.45) is 11.5 Å². The predicted molar refractivity (Wildman–Crippen MR) is 114 cm³/mol. The number of hydrogen-bond donors (Lipinski definition) is 6. The fraction of sp³-hybridized carbons (Fsp3) is 0.850. The Balaban J connectivity index is -0.000000656. The molecule has 8 nitrogen and oxygen atoms in total. The van der Waals surface area contributed by atoms with Gasteiger partial charge in [0.15, 0.2) is 5.96 Å². The Morgan fingerprint density at radius 3 is 1.07 bits per heavy atom. The molecule has 0 saturated carbocycles. The van der Waals surface area contributed by atoms with Crippen LogP contribution in [0.3, 0.4) is 0 Å². The summed E-state index contributed by atoms with van der Waals surface area (Å²) >= 11 is 0. The summed E-state index contributed by atoms with van der Waals surface area (Å²) in [5.74, 6) is -0.986. The van der Waals surface area contributed by atoms with Gasteiger partial charge in [0.1, 0.15) is 0 Å². The van der Waals surface area contributed by atoms with Crippen molar-refractivity contribution in [3.63, 3.8) is 0 Å². The van der Waals surface area contributed by atoms with Gasteiger partial charge in [-0.25, -0.2) is 4.79 Å². The van der Waals surface area contributed by atoms with E-state index in [9.17, 15) is 4.79 Å². The summed E-state index contributed by atoms with van der Waals surface area (Å²) in [6.07, 6.45) is 18.4. The van der Waals surface area contributed by atoms with Gasteiger partial charge in [0.2, 0.25) is 0 Å². The second-order valence-electron chi connectivity index (χ2n) is 6.83. The van der Waals surface area contributed by atoms with Gasteiger partial charge in [0.05, 0.1) is 0 Å². The SMILES string of the molecule is CCCCCCCCCCCCCCCCCC(=O)O.N=C(N)N.O=C(O)O. The Labute approximate surface area is 170 Å². The predicted octanol–water partition coefficient (Wildman–Crippen LogP) is 5.39. The third-order valence-corrected chi connectivity index (χ3v) is 3.99. The number of nitrogens with one attached hydrogen (secondary N) is 1. The summed E-state index contributed by atoms with van der Waals surface area (Å²) in [6, 6.07) is 0. The smallest absolute Gasteiger partial charge is 0.481 e. The van der Waals surface area contributed by atoms with E-state index in [1.807, 2.05) is 0 Å². The zero-order chi connectivity index (χ0) is 22.0. The minimum absolute atomic E-state index is 0.333. The first-order chi connectivity index (χ1) is 13.2. The average Bonchev–Trinajstić information content (AvgIpc) is 2.57. The Morgan fingerprint density at radius 1 is 0.643 bits per heavy atom. The fourth-order valence-electron chi connectivity index (χ4n) is 2.65. The first-order valence-electron chi connectivity index (χ1n) is 10.5. The van der Waals surface area contributed by atoms with Crippen molar-refractivity contribution in [1.82, 2.24) is 0 Å². The number of nitrogens with two attached hydrogens (primary N) is 2. The normalized spacial score (nSPS) is 9.46. The zero-order valence-electron chi connectivity index (χ0n) is 17.6. The third kappa shape index (κ3) is 56.4. The van der Waals surface area contributed by atoms with Crippen LogP contribution in [0, 0.1) is 5.41 Å². The number of carboxylic acids is 1. The van der Waals surface area contributed by atoms with Crippen molar-refractivity contribution in [3.8, 4) is 0 Å². The van der Waals surface area contributed by atoms with Crippen LogP contribution in [0.1, 0.15) is 110 Å². The Morgan fingerprint density at radius 2 is 0.857 bits per heavy atom. The largest absolute Gasteiger partial charge is 0.503 e. The standard InChI is InChI=1S/C18H36O2.CH5N3.CH2O3/c1-2-3-4-5-6-7-8-9-10-11-12-13-14-15-16-17-18(19)20;2*2-1(3)4/h2-17H2,1H3,(H,19,20);(H5,2,3,4);(H2,2,3,4). The van der Waals surface area contributed by atoms with Gasteiger partial charge in [0, 0.05) is 6.42 Å². The van der Waals surface area contributed by atoms with Crippen molar-refractivity contribution in [2.45, 2.75) is 110 Å². The van der Waals surface area contributed by atoms with E-state index >= 15 is 0 Å². The Bertz CT molecular complexity index is 346. The Hall–Kier alpha value is -1.99. The highest BCUT2D eigenvalue weighted by atomic mass is 16.6. The molecule has 0 aromatic heterocycles. The van der Waals surface area contributed by atoms with Crippen LogP contribution in [-0.4, -0.2) is 33.4 Å². The first kappa shape index (κ1) is 30.7. The van der Waals surface area contributed by atoms with E-state index in [2.05, 4.69) is 18.4 Å². The van der Waals surface area contributed by atoms with E-state index in [0.29, 0.717) is 6.42 Å². The maximum atomic E-state index is 10.3. The number of aliphatic carboxylic acids is 1. The van der Waals surface area contributed by atoms with Gasteiger partial charge in [-0.1, -0.05) is 96.8 Å². The number of rotatable bonds is 16. The van der Waals surface area contributed by atoms with E-state index in [1.54, 1.807) is 0 Å². The zero-order valence-corrected chi connectivity index (χ0v) is 17.6. The molecular weight excluding hydrogens is 362 g/mol. The molecule has 0 spiro atoms. The second kappa shape index (κ2) is 27.2. The highest BCUT2D eigenvalue weighted by molar-refractivity contribution is 5.71. The summed E-state index contributed by atoms with van der Waals surface area (Å²) in [5.41, 5.74) is 8.94. The topological polar surface area (TPSA) is 171 Å². The maximum Gasteiger partial charge on any atom is 0.503 e. The second-order valence-corrected chi connectivity index (χ2v) is 6.83.